The van der Waals surface area contributed by atoms with E-state index in [1.807, 2.05) is 19.2 Å². The molecule has 0 aromatic carbocycles. The van der Waals surface area contributed by atoms with E-state index in [9.17, 15) is 0 Å². The summed E-state index contributed by atoms with van der Waals surface area (Å²) in [5, 5.41) is 6.37. The second-order valence-electron chi connectivity index (χ2n) is 4.51. The van der Waals surface area contributed by atoms with Crippen molar-refractivity contribution in [3.63, 3.8) is 0 Å². The molecule has 0 aliphatic heterocycles. The fourth-order valence-electron chi connectivity index (χ4n) is 1.79. The number of rotatable bonds is 5. The van der Waals surface area contributed by atoms with Gasteiger partial charge >= 0.3 is 0 Å². The smallest absolute Gasteiger partial charge is 0.136 e. The molecule has 5 nitrogen and oxygen atoms in total. The third-order valence-corrected chi connectivity index (χ3v) is 3.00. The molecular weight excluding hydrogens is 228 g/mol. The first-order valence-corrected chi connectivity index (χ1v) is 6.17. The number of aromatic nitrogens is 2. The van der Waals surface area contributed by atoms with Crippen molar-refractivity contribution in [3.05, 3.63) is 36.0 Å². The second-order valence-corrected chi connectivity index (χ2v) is 4.51. The first-order chi connectivity index (χ1) is 8.85. The van der Waals surface area contributed by atoms with E-state index in [0.29, 0.717) is 12.5 Å². The van der Waals surface area contributed by atoms with Gasteiger partial charge in [-0.25, -0.2) is 9.97 Å². The number of furan rings is 1. The van der Waals surface area contributed by atoms with Crippen molar-refractivity contribution >= 4 is 11.6 Å². The second kappa shape index (κ2) is 4.68. The Balaban J connectivity index is 1.75. The van der Waals surface area contributed by atoms with E-state index in [2.05, 4.69) is 20.6 Å². The quantitative estimate of drug-likeness (QED) is 0.846. The van der Waals surface area contributed by atoms with Gasteiger partial charge in [-0.2, -0.15) is 0 Å². The van der Waals surface area contributed by atoms with Gasteiger partial charge in [0, 0.05) is 31.1 Å². The normalized spacial score (nSPS) is 14.5. The standard InChI is InChI=1S/C13H16N4O/c1-14-11-6-12(15-7-9-4-5-18-8-9)17-13(16-11)10-2-3-10/h4-6,8,10H,2-3,7H2,1H3,(H2,14,15,16,17). The molecule has 0 spiro atoms. The van der Waals surface area contributed by atoms with Crippen LogP contribution in [0.4, 0.5) is 11.6 Å². The average Bonchev–Trinajstić information content (AvgIpc) is 3.13. The SMILES string of the molecule is CNc1cc(NCc2ccoc2)nc(C2CC2)n1. The Morgan fingerprint density at radius 1 is 1.33 bits per heavy atom. The molecule has 1 fully saturated rings. The van der Waals surface area contributed by atoms with Crippen LogP contribution in [0.1, 0.15) is 30.1 Å². The van der Waals surface area contributed by atoms with Gasteiger partial charge in [0.25, 0.3) is 0 Å². The number of anilines is 2. The van der Waals surface area contributed by atoms with Gasteiger partial charge in [0.15, 0.2) is 0 Å². The average molecular weight is 244 g/mol. The lowest BCUT2D eigenvalue weighted by molar-refractivity contribution is 0.564. The highest BCUT2D eigenvalue weighted by Gasteiger charge is 2.27. The zero-order chi connectivity index (χ0) is 12.4. The molecule has 0 unspecified atom stereocenters. The van der Waals surface area contributed by atoms with Gasteiger partial charge in [-0.1, -0.05) is 0 Å². The van der Waals surface area contributed by atoms with Crippen LogP contribution in [0.25, 0.3) is 0 Å². The molecule has 2 aromatic rings. The van der Waals surface area contributed by atoms with E-state index in [1.54, 1.807) is 12.5 Å². The highest BCUT2D eigenvalue weighted by atomic mass is 16.3. The summed E-state index contributed by atoms with van der Waals surface area (Å²) in [6.45, 7) is 0.709. The van der Waals surface area contributed by atoms with Crippen LogP contribution < -0.4 is 10.6 Å². The predicted octanol–water partition coefficient (Wildman–Crippen LogP) is 2.60. The molecule has 2 N–H and O–H groups in total. The Morgan fingerprint density at radius 3 is 2.83 bits per heavy atom. The minimum atomic E-state index is 0.549. The van der Waals surface area contributed by atoms with Crippen LogP contribution in [0.3, 0.4) is 0 Å². The van der Waals surface area contributed by atoms with E-state index in [4.69, 9.17) is 4.42 Å². The third kappa shape index (κ3) is 2.45. The molecule has 3 rings (SSSR count). The van der Waals surface area contributed by atoms with Crippen molar-refractivity contribution < 1.29 is 4.42 Å². The number of hydrogen-bond donors (Lipinski definition) is 2. The lowest BCUT2D eigenvalue weighted by atomic mass is 10.3. The molecule has 5 heteroatoms. The van der Waals surface area contributed by atoms with Crippen molar-refractivity contribution in [3.8, 4) is 0 Å². The molecule has 0 amide bonds. The van der Waals surface area contributed by atoms with Gasteiger partial charge in [0.1, 0.15) is 17.5 Å². The minimum Gasteiger partial charge on any atom is -0.472 e. The number of hydrogen-bond acceptors (Lipinski definition) is 5. The molecule has 94 valence electrons. The minimum absolute atomic E-state index is 0.549. The van der Waals surface area contributed by atoms with Gasteiger partial charge in [-0.15, -0.1) is 0 Å². The summed E-state index contributed by atoms with van der Waals surface area (Å²) >= 11 is 0. The fourth-order valence-corrected chi connectivity index (χ4v) is 1.79. The van der Waals surface area contributed by atoms with E-state index in [1.165, 1.54) is 12.8 Å². The number of nitrogens with zero attached hydrogens (tertiary/aromatic N) is 2. The van der Waals surface area contributed by atoms with Crippen LogP contribution in [0, 0.1) is 0 Å². The summed E-state index contributed by atoms with van der Waals surface area (Å²) in [5.41, 5.74) is 1.10. The molecular formula is C13H16N4O. The molecule has 0 bridgehead atoms. The van der Waals surface area contributed by atoms with Crippen molar-refractivity contribution in [1.82, 2.24) is 9.97 Å². The summed E-state index contributed by atoms with van der Waals surface area (Å²) in [5.74, 6) is 3.21. The van der Waals surface area contributed by atoms with Crippen LogP contribution >= 0.6 is 0 Å². The van der Waals surface area contributed by atoms with Crippen molar-refractivity contribution in [2.45, 2.75) is 25.3 Å². The molecule has 0 saturated heterocycles. The first kappa shape index (κ1) is 11.1. The molecule has 18 heavy (non-hydrogen) atoms. The largest absolute Gasteiger partial charge is 0.472 e. The van der Waals surface area contributed by atoms with E-state index < -0.39 is 0 Å². The summed E-state index contributed by atoms with van der Waals surface area (Å²) in [4.78, 5) is 9.03. The Morgan fingerprint density at radius 2 is 2.17 bits per heavy atom. The zero-order valence-corrected chi connectivity index (χ0v) is 10.3. The maximum atomic E-state index is 5.03. The first-order valence-electron chi connectivity index (χ1n) is 6.17. The molecule has 1 aliphatic carbocycles. The molecule has 1 saturated carbocycles. The van der Waals surface area contributed by atoms with Crippen LogP contribution in [-0.2, 0) is 6.54 Å². The molecule has 1 aliphatic rings. The monoisotopic (exact) mass is 244 g/mol. The topological polar surface area (TPSA) is 63.0 Å². The predicted molar refractivity (Wildman–Crippen MR) is 69.6 cm³/mol. The summed E-state index contributed by atoms with van der Waals surface area (Å²) in [7, 11) is 1.87. The van der Waals surface area contributed by atoms with Crippen molar-refractivity contribution in [2.24, 2.45) is 0 Å². The van der Waals surface area contributed by atoms with Gasteiger partial charge in [0.2, 0.25) is 0 Å². The van der Waals surface area contributed by atoms with Gasteiger partial charge < -0.3 is 15.1 Å². The van der Waals surface area contributed by atoms with E-state index >= 15 is 0 Å². The van der Waals surface area contributed by atoms with Crippen LogP contribution in [0.15, 0.2) is 29.1 Å². The Labute approximate surface area is 106 Å². The lowest BCUT2D eigenvalue weighted by Crippen LogP contribution is -2.05. The van der Waals surface area contributed by atoms with Gasteiger partial charge in [0.05, 0.1) is 12.5 Å². The van der Waals surface area contributed by atoms with Gasteiger partial charge in [-0.3, -0.25) is 0 Å². The van der Waals surface area contributed by atoms with E-state index in [-0.39, 0.29) is 0 Å². The summed E-state index contributed by atoms with van der Waals surface area (Å²) in [6, 6.07) is 3.86. The van der Waals surface area contributed by atoms with Crippen LogP contribution in [0.5, 0.6) is 0 Å². The van der Waals surface area contributed by atoms with Crippen LogP contribution in [-0.4, -0.2) is 17.0 Å². The fraction of sp³-hybridized carbons (Fsp3) is 0.385. The van der Waals surface area contributed by atoms with Gasteiger partial charge in [-0.05, 0) is 18.9 Å². The highest BCUT2D eigenvalue weighted by molar-refractivity contribution is 5.48. The Bertz CT molecular complexity index is 520. The third-order valence-electron chi connectivity index (χ3n) is 3.00. The number of nitrogens with one attached hydrogen (secondary N) is 2. The lowest BCUT2D eigenvalue weighted by Gasteiger charge is -2.08. The maximum absolute atomic E-state index is 5.03. The van der Waals surface area contributed by atoms with E-state index in [0.717, 1.165) is 23.0 Å². The van der Waals surface area contributed by atoms with Crippen LogP contribution in [0.2, 0.25) is 0 Å². The van der Waals surface area contributed by atoms with Crippen molar-refractivity contribution in [2.75, 3.05) is 17.7 Å². The molecule has 2 heterocycles. The maximum Gasteiger partial charge on any atom is 0.136 e. The van der Waals surface area contributed by atoms with Crippen molar-refractivity contribution in [1.29, 1.82) is 0 Å². The Kier molecular flexibility index (Phi) is 2.88. The zero-order valence-electron chi connectivity index (χ0n) is 10.3. The molecule has 0 radical (unpaired) electrons. The molecule has 2 aromatic heterocycles. The summed E-state index contributed by atoms with van der Waals surface area (Å²) < 4.78 is 5.03. The highest BCUT2D eigenvalue weighted by Crippen LogP contribution is 2.38. The molecule has 0 atom stereocenters. The summed E-state index contributed by atoms with van der Waals surface area (Å²) in [6.07, 6.45) is 5.81. The Hall–Kier alpha value is -2.04.